The lowest BCUT2D eigenvalue weighted by Crippen LogP contribution is -2.30. The average molecular weight is 548 g/mol. The maximum atomic E-state index is 14.2. The maximum absolute atomic E-state index is 14.2. The molecule has 1 atom stereocenters. The second-order valence-corrected chi connectivity index (χ2v) is 8.08. The van der Waals surface area contributed by atoms with Crippen LogP contribution in [0.1, 0.15) is 6.92 Å². The summed E-state index contributed by atoms with van der Waals surface area (Å²) in [5.74, 6) is -0.108. The molecule has 0 aliphatic heterocycles. The number of hydrogen-bond acceptors (Lipinski definition) is 9. The molecule has 0 fully saturated rings. The molecule has 38 heavy (non-hydrogen) atoms. The molecule has 0 spiro atoms. The van der Waals surface area contributed by atoms with Crippen molar-refractivity contribution in [3.8, 4) is 34.3 Å². The van der Waals surface area contributed by atoms with Crippen LogP contribution in [0.3, 0.4) is 0 Å². The lowest BCUT2D eigenvalue weighted by atomic mass is 10.0. The zero-order chi connectivity index (χ0) is 26.7. The third kappa shape index (κ3) is 5.32. The average Bonchev–Trinajstić information content (AvgIpc) is 2.90. The molecule has 0 unspecified atom stereocenters. The first kappa shape index (κ1) is 28.5. The Morgan fingerprint density at radius 2 is 1.63 bits per heavy atom. The number of hydrogen-bond donors (Lipinski definition) is 1. The molecular weight excluding hydrogens is 521 g/mol. The molecule has 4 rings (SSSR count). The fourth-order valence-electron chi connectivity index (χ4n) is 3.96. The molecule has 1 aromatic heterocycles. The monoisotopic (exact) mass is 547 g/mol. The van der Waals surface area contributed by atoms with Gasteiger partial charge in [0.05, 0.1) is 37.5 Å². The van der Waals surface area contributed by atoms with E-state index in [1.807, 2.05) is 0 Å². The molecule has 0 saturated heterocycles. The highest BCUT2D eigenvalue weighted by molar-refractivity contribution is 6.13. The Kier molecular flexibility index (Phi) is 9.03. The van der Waals surface area contributed by atoms with Crippen molar-refractivity contribution < 1.29 is 37.3 Å². The van der Waals surface area contributed by atoms with E-state index in [4.69, 9.17) is 33.8 Å². The quantitative estimate of drug-likeness (QED) is 0.184. The van der Waals surface area contributed by atoms with E-state index in [-0.39, 0.29) is 53.7 Å². The van der Waals surface area contributed by atoms with Gasteiger partial charge in [0.15, 0.2) is 11.3 Å². The minimum Gasteiger partial charge on any atom is -0.496 e. The first-order valence-corrected chi connectivity index (χ1v) is 11.3. The molecule has 0 amide bonds. The van der Waals surface area contributed by atoms with Crippen LogP contribution in [-0.4, -0.2) is 46.6 Å². The summed E-state index contributed by atoms with van der Waals surface area (Å²) in [5.41, 5.74) is 5.41. The Morgan fingerprint density at radius 3 is 2.24 bits per heavy atom. The summed E-state index contributed by atoms with van der Waals surface area (Å²) in [4.78, 5) is 25.4. The smallest absolute Gasteiger partial charge is 0.322 e. The highest BCUT2D eigenvalue weighted by Crippen LogP contribution is 2.45. The van der Waals surface area contributed by atoms with E-state index < -0.39 is 23.3 Å². The summed E-state index contributed by atoms with van der Waals surface area (Å²) >= 11 is 0. The van der Waals surface area contributed by atoms with Gasteiger partial charge in [-0.3, -0.25) is 9.59 Å². The summed E-state index contributed by atoms with van der Waals surface area (Å²) in [7, 11) is 4.46. The molecular formula is C27H27ClFNO8. The Balaban J connectivity index is 0.00000400. The topological polar surface area (TPSA) is 119 Å². The summed E-state index contributed by atoms with van der Waals surface area (Å²) in [5, 5.41) is 1.10. The van der Waals surface area contributed by atoms with Gasteiger partial charge in [0.25, 0.3) is 0 Å². The minimum atomic E-state index is -0.804. The van der Waals surface area contributed by atoms with E-state index in [1.165, 1.54) is 52.5 Å². The molecule has 0 saturated carbocycles. The van der Waals surface area contributed by atoms with Gasteiger partial charge in [-0.05, 0) is 37.3 Å². The summed E-state index contributed by atoms with van der Waals surface area (Å²) in [6, 6.07) is 9.66. The number of esters is 1. The minimum absolute atomic E-state index is 0. The van der Waals surface area contributed by atoms with Crippen LogP contribution in [0.5, 0.6) is 23.0 Å². The van der Waals surface area contributed by atoms with Crippen molar-refractivity contribution in [1.29, 1.82) is 0 Å². The highest BCUT2D eigenvalue weighted by Gasteiger charge is 2.24. The first-order valence-electron chi connectivity index (χ1n) is 11.3. The van der Waals surface area contributed by atoms with Crippen LogP contribution >= 0.6 is 12.4 Å². The van der Waals surface area contributed by atoms with E-state index in [1.54, 1.807) is 18.2 Å². The Morgan fingerprint density at radius 1 is 0.974 bits per heavy atom. The second-order valence-electron chi connectivity index (χ2n) is 8.08. The van der Waals surface area contributed by atoms with E-state index in [2.05, 4.69) is 0 Å². The number of methoxy groups -OCH3 is 3. The zero-order valence-electron chi connectivity index (χ0n) is 21.2. The predicted octanol–water partition coefficient (Wildman–Crippen LogP) is 4.47. The van der Waals surface area contributed by atoms with Crippen LogP contribution in [0.25, 0.3) is 33.1 Å². The molecule has 9 nitrogen and oxygen atoms in total. The van der Waals surface area contributed by atoms with Crippen LogP contribution in [0.15, 0.2) is 51.7 Å². The van der Waals surface area contributed by atoms with E-state index >= 15 is 0 Å². The van der Waals surface area contributed by atoms with Gasteiger partial charge in [-0.15, -0.1) is 12.4 Å². The number of ether oxygens (including phenoxy) is 5. The Labute approximate surface area is 223 Å². The number of rotatable bonds is 9. The fraction of sp³-hybridized carbons (Fsp3) is 0.259. The highest BCUT2D eigenvalue weighted by atomic mass is 35.5. The molecule has 3 aromatic carbocycles. The predicted molar refractivity (Wildman–Crippen MR) is 142 cm³/mol. The van der Waals surface area contributed by atoms with Gasteiger partial charge < -0.3 is 33.8 Å². The molecule has 0 bridgehead atoms. The van der Waals surface area contributed by atoms with Gasteiger partial charge >= 0.3 is 5.97 Å². The normalized spacial score (nSPS) is 11.5. The molecule has 0 aliphatic carbocycles. The van der Waals surface area contributed by atoms with Gasteiger partial charge in [-0.2, -0.15) is 0 Å². The van der Waals surface area contributed by atoms with Gasteiger partial charge in [0.2, 0.25) is 11.2 Å². The SMILES string of the molecule is COc1ccc(OC)c2c1c(OC)cc1c(=O)c(OCCOC(=O)[C@H](C)N)c(-c3cccc(F)c3)oc12.Cl. The molecule has 4 aromatic rings. The molecule has 0 aliphatic rings. The Bertz CT molecular complexity index is 1540. The zero-order valence-corrected chi connectivity index (χ0v) is 22.0. The molecule has 202 valence electrons. The van der Waals surface area contributed by atoms with Gasteiger partial charge in [0, 0.05) is 5.56 Å². The largest absolute Gasteiger partial charge is 0.496 e. The molecule has 1 heterocycles. The van der Waals surface area contributed by atoms with Crippen molar-refractivity contribution in [3.05, 3.63) is 58.5 Å². The van der Waals surface area contributed by atoms with E-state index in [0.29, 0.717) is 28.0 Å². The van der Waals surface area contributed by atoms with Gasteiger partial charge in [-0.1, -0.05) is 12.1 Å². The number of nitrogens with two attached hydrogens (primary N) is 1. The number of carbonyl (C=O) groups excluding carboxylic acids is 1. The third-order valence-corrected chi connectivity index (χ3v) is 5.68. The van der Waals surface area contributed by atoms with Gasteiger partial charge in [-0.25, -0.2) is 4.39 Å². The van der Waals surface area contributed by atoms with Crippen LogP contribution in [-0.2, 0) is 9.53 Å². The summed E-state index contributed by atoms with van der Waals surface area (Å²) in [6.07, 6.45) is 0. The summed E-state index contributed by atoms with van der Waals surface area (Å²) < 4.78 is 47.9. The number of halogens is 2. The molecule has 0 radical (unpaired) electrons. The number of carbonyl (C=O) groups is 1. The lowest BCUT2D eigenvalue weighted by Gasteiger charge is -2.17. The van der Waals surface area contributed by atoms with Gasteiger partial charge in [0.1, 0.15) is 42.3 Å². The third-order valence-electron chi connectivity index (χ3n) is 5.68. The first-order chi connectivity index (χ1) is 17.8. The van der Waals surface area contributed by atoms with Crippen LogP contribution < -0.4 is 30.1 Å². The van der Waals surface area contributed by atoms with Crippen molar-refractivity contribution in [2.45, 2.75) is 13.0 Å². The number of benzene rings is 3. The maximum Gasteiger partial charge on any atom is 0.322 e. The van der Waals surface area contributed by atoms with Crippen molar-refractivity contribution in [3.63, 3.8) is 0 Å². The summed E-state index contributed by atoms with van der Waals surface area (Å²) in [6.45, 7) is 1.16. The van der Waals surface area contributed by atoms with Crippen LogP contribution in [0.2, 0.25) is 0 Å². The number of fused-ring (bicyclic) bond motifs is 3. The standard InChI is InChI=1S/C27H26FNO8.ClH/c1-14(29)27(31)36-11-10-35-26-23(30)17-13-20(34-4)21-18(32-2)8-9-19(33-3)22(21)25(17)37-24(26)15-6-5-7-16(28)12-15;/h5-9,12-14H,10-11,29H2,1-4H3;1H/t14-;/m0./s1. The van der Waals surface area contributed by atoms with Crippen LogP contribution in [0, 0.1) is 5.82 Å². The fourth-order valence-corrected chi connectivity index (χ4v) is 3.96. The van der Waals surface area contributed by atoms with Crippen molar-refractivity contribution in [2.75, 3.05) is 34.5 Å². The van der Waals surface area contributed by atoms with Crippen molar-refractivity contribution in [1.82, 2.24) is 0 Å². The molecule has 11 heteroatoms. The van der Waals surface area contributed by atoms with E-state index in [0.717, 1.165) is 0 Å². The second kappa shape index (κ2) is 12.0. The van der Waals surface area contributed by atoms with E-state index in [9.17, 15) is 14.0 Å². The molecule has 2 N–H and O–H groups in total. The van der Waals surface area contributed by atoms with Crippen molar-refractivity contribution in [2.24, 2.45) is 5.73 Å². The lowest BCUT2D eigenvalue weighted by molar-refractivity contribution is -0.145. The Hall–Kier alpha value is -4.02. The van der Waals surface area contributed by atoms with Crippen LogP contribution in [0.4, 0.5) is 4.39 Å². The van der Waals surface area contributed by atoms with Crippen molar-refractivity contribution >= 4 is 40.1 Å².